The van der Waals surface area contributed by atoms with Crippen LogP contribution in [0.3, 0.4) is 0 Å². The Bertz CT molecular complexity index is 724. The standard InChI is InChI=1S/C17H26N6O2/c1-5-13-12(14(6-2)22(3)21-13)8-16(24)23-9-11(25-4)7-15(23)17-18-10-19-20-17/h10-11,15H,5-9H2,1-4H3,(H,18,19,20)/t11-,15+/m1/s1. The molecule has 1 fully saturated rings. The highest BCUT2D eigenvalue weighted by Crippen LogP contribution is 2.32. The van der Waals surface area contributed by atoms with E-state index in [9.17, 15) is 4.79 Å². The molecule has 8 nitrogen and oxygen atoms in total. The van der Waals surface area contributed by atoms with Crippen LogP contribution in [-0.4, -0.2) is 55.5 Å². The van der Waals surface area contributed by atoms with E-state index in [2.05, 4.69) is 34.1 Å². The number of hydrogen-bond acceptors (Lipinski definition) is 5. The third-order valence-corrected chi connectivity index (χ3v) is 5.02. The average Bonchev–Trinajstić information content (AvgIpc) is 3.32. The predicted octanol–water partition coefficient (Wildman–Crippen LogP) is 1.19. The summed E-state index contributed by atoms with van der Waals surface area (Å²) in [7, 11) is 3.63. The van der Waals surface area contributed by atoms with Crippen LogP contribution in [0.5, 0.6) is 0 Å². The number of nitrogens with one attached hydrogen (secondary N) is 1. The molecule has 0 bridgehead atoms. The van der Waals surface area contributed by atoms with Gasteiger partial charge in [-0.1, -0.05) is 13.8 Å². The third kappa shape index (κ3) is 3.30. The Balaban J connectivity index is 1.85. The van der Waals surface area contributed by atoms with Crippen molar-refractivity contribution in [1.82, 2.24) is 29.9 Å². The summed E-state index contributed by atoms with van der Waals surface area (Å²) in [6, 6.07) is -0.119. The number of H-pyrrole nitrogens is 1. The minimum Gasteiger partial charge on any atom is -0.380 e. The molecule has 2 atom stereocenters. The fraction of sp³-hybridized carbons (Fsp3) is 0.647. The molecule has 25 heavy (non-hydrogen) atoms. The molecule has 1 aliphatic heterocycles. The minimum atomic E-state index is -0.119. The molecular weight excluding hydrogens is 320 g/mol. The summed E-state index contributed by atoms with van der Waals surface area (Å²) in [5.74, 6) is 0.795. The van der Waals surface area contributed by atoms with Gasteiger partial charge in [-0.3, -0.25) is 14.6 Å². The lowest BCUT2D eigenvalue weighted by molar-refractivity contribution is -0.131. The molecule has 0 radical (unpaired) electrons. The Labute approximate surface area is 147 Å². The molecule has 0 aromatic carbocycles. The smallest absolute Gasteiger partial charge is 0.227 e. The van der Waals surface area contributed by atoms with Gasteiger partial charge in [0.1, 0.15) is 12.2 Å². The second-order valence-electron chi connectivity index (χ2n) is 6.41. The Kier molecular flexibility index (Phi) is 5.17. The van der Waals surface area contributed by atoms with Crippen molar-refractivity contribution in [2.75, 3.05) is 13.7 Å². The first-order valence-electron chi connectivity index (χ1n) is 8.80. The Morgan fingerprint density at radius 2 is 2.20 bits per heavy atom. The number of ether oxygens (including phenoxy) is 1. The predicted molar refractivity (Wildman–Crippen MR) is 91.9 cm³/mol. The molecule has 1 N–H and O–H groups in total. The molecule has 8 heteroatoms. The minimum absolute atomic E-state index is 0.0178. The van der Waals surface area contributed by atoms with Crippen LogP contribution in [0.1, 0.15) is 49.1 Å². The quantitative estimate of drug-likeness (QED) is 0.849. The van der Waals surface area contributed by atoms with Gasteiger partial charge in [0.2, 0.25) is 5.91 Å². The first-order valence-corrected chi connectivity index (χ1v) is 8.80. The maximum absolute atomic E-state index is 13.1. The van der Waals surface area contributed by atoms with Crippen molar-refractivity contribution in [3.8, 4) is 0 Å². The molecule has 0 unspecified atom stereocenters. The molecule has 2 aromatic heterocycles. The van der Waals surface area contributed by atoms with E-state index in [4.69, 9.17) is 4.74 Å². The van der Waals surface area contributed by atoms with E-state index in [1.807, 2.05) is 16.6 Å². The second kappa shape index (κ2) is 7.35. The topological polar surface area (TPSA) is 88.9 Å². The van der Waals surface area contributed by atoms with Gasteiger partial charge in [0.15, 0.2) is 0 Å². The van der Waals surface area contributed by atoms with Gasteiger partial charge in [0, 0.05) is 38.4 Å². The van der Waals surface area contributed by atoms with Crippen LogP contribution in [0.25, 0.3) is 0 Å². The van der Waals surface area contributed by atoms with Gasteiger partial charge < -0.3 is 9.64 Å². The van der Waals surface area contributed by atoms with E-state index in [-0.39, 0.29) is 18.1 Å². The molecule has 2 aromatic rings. The van der Waals surface area contributed by atoms with E-state index in [0.717, 1.165) is 36.2 Å². The Morgan fingerprint density at radius 3 is 2.80 bits per heavy atom. The number of nitrogens with zero attached hydrogens (tertiary/aromatic N) is 5. The van der Waals surface area contributed by atoms with Gasteiger partial charge in [-0.25, -0.2) is 4.98 Å². The van der Waals surface area contributed by atoms with E-state index in [1.165, 1.54) is 6.33 Å². The highest BCUT2D eigenvalue weighted by molar-refractivity contribution is 5.80. The van der Waals surface area contributed by atoms with Crippen molar-refractivity contribution in [2.45, 2.75) is 51.7 Å². The SMILES string of the molecule is CCc1nn(C)c(CC)c1CC(=O)N1C[C@H](OC)C[C@H]1c1ncn[nH]1. The fourth-order valence-corrected chi connectivity index (χ4v) is 3.73. The second-order valence-corrected chi connectivity index (χ2v) is 6.41. The molecular formula is C17H26N6O2. The number of carbonyl (C=O) groups excluding carboxylic acids is 1. The zero-order valence-corrected chi connectivity index (χ0v) is 15.3. The monoisotopic (exact) mass is 346 g/mol. The number of rotatable bonds is 6. The third-order valence-electron chi connectivity index (χ3n) is 5.02. The van der Waals surface area contributed by atoms with E-state index in [1.54, 1.807) is 7.11 Å². The number of methoxy groups -OCH3 is 1. The average molecular weight is 346 g/mol. The summed E-state index contributed by atoms with van der Waals surface area (Å²) in [5.41, 5.74) is 3.20. The first kappa shape index (κ1) is 17.6. The Morgan fingerprint density at radius 1 is 1.40 bits per heavy atom. The van der Waals surface area contributed by atoms with Crippen LogP contribution in [-0.2, 0) is 35.8 Å². The fourth-order valence-electron chi connectivity index (χ4n) is 3.73. The number of hydrogen-bond donors (Lipinski definition) is 1. The first-order chi connectivity index (χ1) is 12.1. The van der Waals surface area contributed by atoms with Crippen molar-refractivity contribution in [3.05, 3.63) is 29.1 Å². The van der Waals surface area contributed by atoms with E-state index >= 15 is 0 Å². The highest BCUT2D eigenvalue weighted by atomic mass is 16.5. The molecule has 1 saturated heterocycles. The number of carbonyl (C=O) groups is 1. The molecule has 0 spiro atoms. The Hall–Kier alpha value is -2.22. The number of likely N-dealkylation sites (tertiary alicyclic amines) is 1. The van der Waals surface area contributed by atoms with Crippen LogP contribution in [0.15, 0.2) is 6.33 Å². The summed E-state index contributed by atoms with van der Waals surface area (Å²) < 4.78 is 7.39. The lowest BCUT2D eigenvalue weighted by Gasteiger charge is -2.23. The molecule has 3 heterocycles. The van der Waals surface area contributed by atoms with Crippen molar-refractivity contribution in [3.63, 3.8) is 0 Å². The van der Waals surface area contributed by atoms with Crippen LogP contribution >= 0.6 is 0 Å². The normalized spacial score (nSPS) is 20.4. The van der Waals surface area contributed by atoms with Gasteiger partial charge in [0.25, 0.3) is 0 Å². The number of amides is 1. The summed E-state index contributed by atoms with van der Waals surface area (Å²) in [4.78, 5) is 19.2. The zero-order valence-electron chi connectivity index (χ0n) is 15.3. The molecule has 0 aliphatic carbocycles. The number of aromatic amines is 1. The summed E-state index contributed by atoms with van der Waals surface area (Å²) in [5, 5.41) is 11.4. The largest absolute Gasteiger partial charge is 0.380 e. The van der Waals surface area contributed by atoms with Crippen LogP contribution in [0.2, 0.25) is 0 Å². The summed E-state index contributed by atoms with van der Waals surface area (Å²) >= 11 is 0. The van der Waals surface area contributed by atoms with Gasteiger partial charge >= 0.3 is 0 Å². The van der Waals surface area contributed by atoms with Gasteiger partial charge in [-0.15, -0.1) is 0 Å². The van der Waals surface area contributed by atoms with Crippen molar-refractivity contribution >= 4 is 5.91 Å². The van der Waals surface area contributed by atoms with E-state index < -0.39 is 0 Å². The highest BCUT2D eigenvalue weighted by Gasteiger charge is 2.38. The van der Waals surface area contributed by atoms with E-state index in [0.29, 0.717) is 18.8 Å². The number of aromatic nitrogens is 5. The maximum Gasteiger partial charge on any atom is 0.227 e. The maximum atomic E-state index is 13.1. The molecule has 1 aliphatic rings. The lowest BCUT2D eigenvalue weighted by atomic mass is 10.0. The van der Waals surface area contributed by atoms with Crippen molar-refractivity contribution in [1.29, 1.82) is 0 Å². The lowest BCUT2D eigenvalue weighted by Crippen LogP contribution is -2.34. The number of aryl methyl sites for hydroxylation is 2. The van der Waals surface area contributed by atoms with Crippen molar-refractivity contribution in [2.24, 2.45) is 7.05 Å². The summed E-state index contributed by atoms with van der Waals surface area (Å²) in [6.07, 6.45) is 4.27. The molecule has 3 rings (SSSR count). The van der Waals surface area contributed by atoms with Crippen molar-refractivity contribution < 1.29 is 9.53 Å². The molecule has 0 saturated carbocycles. The summed E-state index contributed by atoms with van der Waals surface area (Å²) in [6.45, 7) is 4.74. The van der Waals surface area contributed by atoms with Gasteiger partial charge in [-0.2, -0.15) is 10.2 Å². The zero-order chi connectivity index (χ0) is 18.0. The van der Waals surface area contributed by atoms with Crippen LogP contribution < -0.4 is 0 Å². The molecule has 1 amide bonds. The van der Waals surface area contributed by atoms with Crippen LogP contribution in [0.4, 0.5) is 0 Å². The molecule has 136 valence electrons. The van der Waals surface area contributed by atoms with Gasteiger partial charge in [0.05, 0.1) is 24.3 Å². The van der Waals surface area contributed by atoms with Crippen LogP contribution in [0, 0.1) is 0 Å². The van der Waals surface area contributed by atoms with Gasteiger partial charge in [-0.05, 0) is 12.8 Å².